The quantitative estimate of drug-likeness (QED) is 0.272. The number of ether oxygens (including phenoxy) is 2. The molecule has 4 heteroatoms. The predicted octanol–water partition coefficient (Wildman–Crippen LogP) is 6.79. The maximum Gasteiger partial charge on any atom is 0.120 e. The first-order valence-corrected chi connectivity index (χ1v) is 12.1. The maximum absolute atomic E-state index is 6.15. The lowest BCUT2D eigenvalue weighted by atomic mass is 9.67. The average molecular weight is 465 g/mol. The summed E-state index contributed by atoms with van der Waals surface area (Å²) in [6.45, 7) is 8.19. The summed E-state index contributed by atoms with van der Waals surface area (Å²) >= 11 is 0. The Bertz CT molecular complexity index is 1250. The van der Waals surface area contributed by atoms with Gasteiger partial charge in [0, 0.05) is 11.4 Å². The van der Waals surface area contributed by atoms with E-state index in [9.17, 15) is 0 Å². The van der Waals surface area contributed by atoms with Crippen LogP contribution in [0.15, 0.2) is 84.9 Å². The van der Waals surface area contributed by atoms with Gasteiger partial charge >= 0.3 is 0 Å². The van der Waals surface area contributed by atoms with Crippen molar-refractivity contribution in [2.24, 2.45) is 0 Å². The van der Waals surface area contributed by atoms with Gasteiger partial charge in [0.25, 0.3) is 0 Å². The summed E-state index contributed by atoms with van der Waals surface area (Å²) in [5.41, 5.74) is 20.1. The Kier molecular flexibility index (Phi) is 5.68. The molecule has 0 aromatic heterocycles. The summed E-state index contributed by atoms with van der Waals surface area (Å²) in [5.74, 6) is 1.70. The van der Waals surface area contributed by atoms with Gasteiger partial charge in [0.1, 0.15) is 11.5 Å². The predicted molar refractivity (Wildman–Crippen MR) is 144 cm³/mol. The lowest BCUT2D eigenvalue weighted by Gasteiger charge is -2.34. The van der Waals surface area contributed by atoms with Gasteiger partial charge in [-0.1, -0.05) is 36.4 Å². The SMILES string of the molecule is CC(C)Oc1ccc2c(c1)C(c1ccc(N)cc1)(c1ccc(N)cc1)c1cc(OC(C)C)ccc1-2. The van der Waals surface area contributed by atoms with Crippen molar-refractivity contribution in [3.8, 4) is 22.6 Å². The lowest BCUT2D eigenvalue weighted by Crippen LogP contribution is -2.29. The van der Waals surface area contributed by atoms with Crippen LogP contribution in [0.2, 0.25) is 0 Å². The van der Waals surface area contributed by atoms with Crippen LogP contribution >= 0.6 is 0 Å². The molecule has 0 bridgehead atoms. The minimum atomic E-state index is -0.585. The molecule has 0 saturated carbocycles. The van der Waals surface area contributed by atoms with Gasteiger partial charge in [-0.15, -0.1) is 0 Å². The summed E-state index contributed by atoms with van der Waals surface area (Å²) in [7, 11) is 0. The number of hydrogen-bond donors (Lipinski definition) is 2. The second kappa shape index (κ2) is 8.70. The largest absolute Gasteiger partial charge is 0.491 e. The van der Waals surface area contributed by atoms with Gasteiger partial charge in [0.2, 0.25) is 0 Å². The molecule has 1 aliphatic rings. The first kappa shape index (κ1) is 22.9. The number of rotatable bonds is 6. The smallest absolute Gasteiger partial charge is 0.120 e. The Morgan fingerprint density at radius 2 is 0.914 bits per heavy atom. The van der Waals surface area contributed by atoms with E-state index in [4.69, 9.17) is 20.9 Å². The third kappa shape index (κ3) is 3.89. The molecule has 0 spiro atoms. The molecule has 0 fully saturated rings. The van der Waals surface area contributed by atoms with Crippen LogP contribution < -0.4 is 20.9 Å². The van der Waals surface area contributed by atoms with Crippen molar-refractivity contribution < 1.29 is 9.47 Å². The van der Waals surface area contributed by atoms with Crippen molar-refractivity contribution >= 4 is 11.4 Å². The minimum absolute atomic E-state index is 0.0744. The normalized spacial score (nSPS) is 13.5. The molecule has 1 aliphatic carbocycles. The number of benzene rings is 4. The first-order valence-electron chi connectivity index (χ1n) is 12.1. The van der Waals surface area contributed by atoms with Gasteiger partial charge in [0.15, 0.2) is 0 Å². The molecule has 0 amide bonds. The van der Waals surface area contributed by atoms with E-state index >= 15 is 0 Å². The molecule has 0 radical (unpaired) electrons. The van der Waals surface area contributed by atoms with Crippen LogP contribution in [-0.2, 0) is 5.41 Å². The molecule has 4 aromatic carbocycles. The van der Waals surface area contributed by atoms with Gasteiger partial charge in [-0.3, -0.25) is 0 Å². The Labute approximate surface area is 207 Å². The molecular formula is C31H32N2O2. The topological polar surface area (TPSA) is 70.5 Å². The van der Waals surface area contributed by atoms with Crippen LogP contribution in [0.3, 0.4) is 0 Å². The summed E-state index contributed by atoms with van der Waals surface area (Å²) in [6, 6.07) is 29.2. The molecule has 4 aromatic rings. The molecule has 0 heterocycles. The molecule has 0 aliphatic heterocycles. The van der Waals surface area contributed by atoms with Crippen LogP contribution in [0, 0.1) is 0 Å². The molecule has 0 atom stereocenters. The van der Waals surface area contributed by atoms with Gasteiger partial charge in [-0.05, 0) is 110 Å². The third-order valence-electron chi connectivity index (χ3n) is 6.51. The van der Waals surface area contributed by atoms with Crippen LogP contribution in [-0.4, -0.2) is 12.2 Å². The molecule has 0 saturated heterocycles. The van der Waals surface area contributed by atoms with E-state index < -0.39 is 5.41 Å². The summed E-state index contributed by atoms with van der Waals surface area (Å²) in [5, 5.41) is 0. The van der Waals surface area contributed by atoms with E-state index in [1.165, 1.54) is 22.3 Å². The molecule has 5 rings (SSSR count). The Morgan fingerprint density at radius 1 is 0.543 bits per heavy atom. The second-order valence-corrected chi connectivity index (χ2v) is 9.74. The molecule has 0 unspecified atom stereocenters. The monoisotopic (exact) mass is 464 g/mol. The molecule has 4 N–H and O–H groups in total. The van der Waals surface area contributed by atoms with Crippen molar-refractivity contribution in [3.63, 3.8) is 0 Å². The van der Waals surface area contributed by atoms with E-state index in [1.54, 1.807) is 0 Å². The van der Waals surface area contributed by atoms with Gasteiger partial charge in [-0.2, -0.15) is 0 Å². The fraction of sp³-hybridized carbons (Fsp3) is 0.226. The van der Waals surface area contributed by atoms with Crippen LogP contribution in [0.4, 0.5) is 11.4 Å². The van der Waals surface area contributed by atoms with Crippen LogP contribution in [0.1, 0.15) is 49.9 Å². The number of nitrogen functional groups attached to an aromatic ring is 2. The number of hydrogen-bond acceptors (Lipinski definition) is 4. The first-order chi connectivity index (χ1) is 16.8. The van der Waals surface area contributed by atoms with E-state index in [0.717, 1.165) is 34.0 Å². The third-order valence-corrected chi connectivity index (χ3v) is 6.51. The summed E-state index contributed by atoms with van der Waals surface area (Å²) in [6.07, 6.45) is 0.149. The fourth-order valence-corrected chi connectivity index (χ4v) is 5.23. The zero-order valence-electron chi connectivity index (χ0n) is 20.7. The van der Waals surface area contributed by atoms with E-state index in [2.05, 4.69) is 60.7 Å². The Hall–Kier alpha value is -3.92. The zero-order chi connectivity index (χ0) is 24.7. The number of anilines is 2. The molecule has 178 valence electrons. The summed E-state index contributed by atoms with van der Waals surface area (Å²) < 4.78 is 12.3. The average Bonchev–Trinajstić information content (AvgIpc) is 3.09. The molecular weight excluding hydrogens is 432 g/mol. The van der Waals surface area contributed by atoms with Crippen LogP contribution in [0.25, 0.3) is 11.1 Å². The highest BCUT2D eigenvalue weighted by Gasteiger charge is 2.46. The molecule has 35 heavy (non-hydrogen) atoms. The highest BCUT2D eigenvalue weighted by Crippen LogP contribution is 2.57. The van der Waals surface area contributed by atoms with Crippen molar-refractivity contribution in [1.82, 2.24) is 0 Å². The lowest BCUT2D eigenvalue weighted by molar-refractivity contribution is 0.242. The number of fused-ring (bicyclic) bond motifs is 3. The van der Waals surface area contributed by atoms with Crippen molar-refractivity contribution in [1.29, 1.82) is 0 Å². The maximum atomic E-state index is 6.15. The summed E-state index contributed by atoms with van der Waals surface area (Å²) in [4.78, 5) is 0. The van der Waals surface area contributed by atoms with Crippen molar-refractivity contribution in [3.05, 3.63) is 107 Å². The van der Waals surface area contributed by atoms with E-state index in [-0.39, 0.29) is 12.2 Å². The van der Waals surface area contributed by atoms with Gasteiger partial charge in [-0.25, -0.2) is 0 Å². The number of nitrogens with two attached hydrogens (primary N) is 2. The zero-order valence-corrected chi connectivity index (χ0v) is 20.7. The van der Waals surface area contributed by atoms with Crippen LogP contribution in [0.5, 0.6) is 11.5 Å². The molecule has 4 nitrogen and oxygen atoms in total. The van der Waals surface area contributed by atoms with E-state index in [0.29, 0.717) is 0 Å². The highest BCUT2D eigenvalue weighted by molar-refractivity contribution is 5.87. The fourth-order valence-electron chi connectivity index (χ4n) is 5.23. The minimum Gasteiger partial charge on any atom is -0.491 e. The van der Waals surface area contributed by atoms with E-state index in [1.807, 2.05) is 52.0 Å². The van der Waals surface area contributed by atoms with Crippen molar-refractivity contribution in [2.75, 3.05) is 11.5 Å². The Balaban J connectivity index is 1.88. The Morgan fingerprint density at radius 3 is 1.26 bits per heavy atom. The van der Waals surface area contributed by atoms with Crippen molar-refractivity contribution in [2.45, 2.75) is 45.3 Å². The standard InChI is InChI=1S/C31H32N2O2/c1-19(2)34-25-13-15-27-28-16-14-26(35-20(3)4)18-30(28)31(29(27)17-25,21-5-9-23(32)10-6-21)22-7-11-24(33)12-8-22/h5-20H,32-33H2,1-4H3. The second-order valence-electron chi connectivity index (χ2n) is 9.74. The van der Waals surface area contributed by atoms with Gasteiger partial charge < -0.3 is 20.9 Å². The van der Waals surface area contributed by atoms with Gasteiger partial charge in [0.05, 0.1) is 17.6 Å². The highest BCUT2D eigenvalue weighted by atomic mass is 16.5.